The maximum absolute atomic E-state index is 9.03. The Kier molecular flexibility index (Phi) is 5.29. The molecular formula is C47H29N3O. The molecular weight excluding hydrogens is 623 g/mol. The van der Waals surface area contributed by atoms with Gasteiger partial charge in [-0.1, -0.05) is 145 Å². The third-order valence-electron chi connectivity index (χ3n) is 9.16. The summed E-state index contributed by atoms with van der Waals surface area (Å²) in [6, 6.07) is 40.5. The lowest BCUT2D eigenvalue weighted by molar-refractivity contribution is 0.670. The molecule has 0 saturated carbocycles. The second kappa shape index (κ2) is 11.9. The quantitative estimate of drug-likeness (QED) is 0.185. The van der Waals surface area contributed by atoms with Crippen LogP contribution in [0.5, 0.6) is 0 Å². The molecule has 2 aromatic heterocycles. The van der Waals surface area contributed by atoms with Gasteiger partial charge >= 0.3 is 0 Å². The number of aromatic nitrogens is 3. The monoisotopic (exact) mass is 658 g/mol. The highest BCUT2D eigenvalue weighted by Crippen LogP contribution is 2.43. The molecule has 0 amide bonds. The van der Waals surface area contributed by atoms with Crippen LogP contribution in [0.1, 0.15) is 9.60 Å². The summed E-state index contributed by atoms with van der Waals surface area (Å²) in [6.45, 7) is 0. The maximum atomic E-state index is 9.03. The number of hydrogen-bond acceptors (Lipinski definition) is 4. The first kappa shape index (κ1) is 22.7. The minimum absolute atomic E-state index is 0.0813. The Morgan fingerprint density at radius 2 is 1.02 bits per heavy atom. The van der Waals surface area contributed by atoms with Crippen molar-refractivity contribution in [3.63, 3.8) is 0 Å². The highest BCUT2D eigenvalue weighted by molar-refractivity contribution is 6.18. The molecule has 10 rings (SSSR count). The Morgan fingerprint density at radius 1 is 0.431 bits per heavy atom. The van der Waals surface area contributed by atoms with Gasteiger partial charge in [-0.15, -0.1) is 0 Å². The summed E-state index contributed by atoms with van der Waals surface area (Å²) >= 11 is 0. The molecule has 4 nitrogen and oxygen atoms in total. The molecule has 51 heavy (non-hydrogen) atoms. The highest BCUT2D eigenvalue weighted by atomic mass is 16.3. The summed E-state index contributed by atoms with van der Waals surface area (Å²) in [7, 11) is 0. The van der Waals surface area contributed by atoms with Gasteiger partial charge in [0.1, 0.15) is 11.2 Å². The minimum atomic E-state index is -0.498. The zero-order chi connectivity index (χ0) is 39.8. The number of fused-ring (bicyclic) bond motifs is 5. The van der Waals surface area contributed by atoms with E-state index < -0.39 is 24.2 Å². The lowest BCUT2D eigenvalue weighted by Crippen LogP contribution is -2.00. The summed E-state index contributed by atoms with van der Waals surface area (Å²) in [6.07, 6.45) is 0. The van der Waals surface area contributed by atoms with Gasteiger partial charge in [0, 0.05) is 33.0 Å². The molecule has 8 aromatic carbocycles. The lowest BCUT2D eigenvalue weighted by atomic mass is 9.95. The van der Waals surface area contributed by atoms with Crippen LogP contribution in [0.4, 0.5) is 0 Å². The van der Waals surface area contributed by atoms with Crippen molar-refractivity contribution in [2.75, 3.05) is 0 Å². The SMILES string of the molecule is [2H]c1c([2H])c([2H])c2c([2H])c(-c3ccc(-c4ccc(-c5nc(-c6ccccc6)nc(-c6ccccc6)n5)c5c4oc4cc6ccccc6cc45)cc3)c([2H])c([2H])c2c1[2H]. The van der Waals surface area contributed by atoms with E-state index in [2.05, 4.69) is 12.1 Å². The molecule has 0 N–H and O–H groups in total. The minimum Gasteiger partial charge on any atom is -0.455 e. The van der Waals surface area contributed by atoms with E-state index in [1.807, 2.05) is 109 Å². The largest absolute Gasteiger partial charge is 0.455 e. The van der Waals surface area contributed by atoms with Crippen LogP contribution >= 0.6 is 0 Å². The predicted octanol–water partition coefficient (Wildman–Crippen LogP) is 12.4. The maximum Gasteiger partial charge on any atom is 0.164 e. The van der Waals surface area contributed by atoms with E-state index in [4.69, 9.17) is 29.0 Å². The first-order valence-corrected chi connectivity index (χ1v) is 16.5. The topological polar surface area (TPSA) is 51.8 Å². The highest BCUT2D eigenvalue weighted by Gasteiger charge is 2.21. The van der Waals surface area contributed by atoms with Crippen molar-refractivity contribution >= 4 is 43.5 Å². The predicted molar refractivity (Wildman–Crippen MR) is 209 cm³/mol. The second-order valence-electron chi connectivity index (χ2n) is 12.3. The van der Waals surface area contributed by atoms with Crippen LogP contribution < -0.4 is 0 Å². The first-order chi connectivity index (χ1) is 28.2. The van der Waals surface area contributed by atoms with Gasteiger partial charge < -0.3 is 4.42 Å². The second-order valence-corrected chi connectivity index (χ2v) is 12.3. The Bertz CT molecular complexity index is 3240. The summed E-state index contributed by atoms with van der Waals surface area (Å²) in [5.74, 6) is 1.57. The van der Waals surface area contributed by atoms with Crippen molar-refractivity contribution in [2.45, 2.75) is 0 Å². The van der Waals surface area contributed by atoms with Crippen LogP contribution in [0.15, 0.2) is 180 Å². The van der Waals surface area contributed by atoms with E-state index in [9.17, 15) is 0 Å². The van der Waals surface area contributed by atoms with Gasteiger partial charge in [0.05, 0.1) is 9.60 Å². The molecule has 2 heterocycles. The van der Waals surface area contributed by atoms with E-state index in [1.54, 1.807) is 12.1 Å². The van der Waals surface area contributed by atoms with Crippen LogP contribution in [-0.2, 0) is 0 Å². The number of hydrogen-bond donors (Lipinski definition) is 0. The number of benzene rings is 8. The smallest absolute Gasteiger partial charge is 0.164 e. The molecule has 0 aliphatic heterocycles. The normalized spacial score (nSPS) is 13.5. The van der Waals surface area contributed by atoms with Crippen molar-refractivity contribution in [3.8, 4) is 56.4 Å². The number of rotatable bonds is 5. The summed E-state index contributed by atoms with van der Waals surface area (Å²) in [5, 5.41) is 3.59. The molecule has 10 aromatic rings. The fourth-order valence-corrected chi connectivity index (χ4v) is 6.65. The van der Waals surface area contributed by atoms with E-state index >= 15 is 0 Å². The van der Waals surface area contributed by atoms with Gasteiger partial charge in [0.25, 0.3) is 0 Å². The molecule has 0 spiro atoms. The molecule has 0 aliphatic carbocycles. The molecule has 0 unspecified atom stereocenters. The summed E-state index contributed by atoms with van der Waals surface area (Å²) < 4.78 is 66.6. The molecule has 0 bridgehead atoms. The van der Waals surface area contributed by atoms with Gasteiger partial charge in [-0.3, -0.25) is 0 Å². The molecule has 238 valence electrons. The van der Waals surface area contributed by atoms with Crippen LogP contribution in [0.2, 0.25) is 0 Å². The van der Waals surface area contributed by atoms with E-state index in [-0.39, 0.29) is 34.5 Å². The molecule has 0 aliphatic rings. The zero-order valence-electron chi connectivity index (χ0n) is 34.0. The average molecular weight is 659 g/mol. The van der Waals surface area contributed by atoms with Gasteiger partial charge in [0.15, 0.2) is 17.5 Å². The Balaban J connectivity index is 1.19. The first-order valence-electron chi connectivity index (χ1n) is 20.0. The van der Waals surface area contributed by atoms with Gasteiger partial charge in [-0.25, -0.2) is 15.0 Å². The van der Waals surface area contributed by atoms with Gasteiger partial charge in [-0.05, 0) is 68.5 Å². The zero-order valence-corrected chi connectivity index (χ0v) is 27.0. The lowest BCUT2D eigenvalue weighted by Gasteiger charge is -2.11. The van der Waals surface area contributed by atoms with Crippen molar-refractivity contribution < 1.29 is 14.0 Å². The Labute approximate surface area is 304 Å². The van der Waals surface area contributed by atoms with Crippen LogP contribution in [0.25, 0.3) is 99.9 Å². The summed E-state index contributed by atoms with van der Waals surface area (Å²) in [4.78, 5) is 15.0. The third kappa shape index (κ3) is 5.13. The van der Waals surface area contributed by atoms with Crippen molar-refractivity contribution in [2.24, 2.45) is 0 Å². The van der Waals surface area contributed by atoms with E-state index in [0.717, 1.165) is 49.4 Å². The fraction of sp³-hybridized carbons (Fsp3) is 0. The van der Waals surface area contributed by atoms with E-state index in [1.165, 1.54) is 0 Å². The fourth-order valence-electron chi connectivity index (χ4n) is 6.65. The van der Waals surface area contributed by atoms with Crippen LogP contribution in [-0.4, -0.2) is 15.0 Å². The molecule has 0 saturated heterocycles. The van der Waals surface area contributed by atoms with Gasteiger partial charge in [0.2, 0.25) is 0 Å². The Hall–Kier alpha value is -6.91. The number of nitrogens with zero attached hydrogens (tertiary/aromatic N) is 3. The van der Waals surface area contributed by atoms with Crippen molar-refractivity contribution in [3.05, 3.63) is 176 Å². The molecule has 4 heteroatoms. The van der Waals surface area contributed by atoms with Gasteiger partial charge in [-0.2, -0.15) is 0 Å². The standard InChI is InChI=1S/C47H29N3O/c1-3-12-33(13-4-1)45-48-46(34-14-5-2-6-15-34)50-47(49-45)40-26-25-39(44-43(40)41-28-36-17-9-10-18-37(36)29-42(41)51-44)32-22-19-31(20-23-32)38-24-21-30-11-7-8-16-35(30)27-38/h1-29H/i7D,8D,11D,16D,21D,24D,27D. The third-order valence-corrected chi connectivity index (χ3v) is 9.16. The van der Waals surface area contributed by atoms with Crippen molar-refractivity contribution in [1.29, 1.82) is 0 Å². The van der Waals surface area contributed by atoms with Crippen LogP contribution in [0, 0.1) is 0 Å². The number of furan rings is 1. The Morgan fingerprint density at radius 3 is 1.73 bits per heavy atom. The molecule has 0 atom stereocenters. The molecule has 0 radical (unpaired) electrons. The summed E-state index contributed by atoms with van der Waals surface area (Å²) in [5.41, 5.74) is 5.96. The molecule has 0 fully saturated rings. The average Bonchev–Trinajstić information content (AvgIpc) is 3.64. The van der Waals surface area contributed by atoms with Crippen LogP contribution in [0.3, 0.4) is 0 Å². The van der Waals surface area contributed by atoms with E-state index in [0.29, 0.717) is 34.2 Å². The van der Waals surface area contributed by atoms with Crippen molar-refractivity contribution in [1.82, 2.24) is 15.0 Å².